The van der Waals surface area contributed by atoms with Gasteiger partial charge in [-0.15, -0.1) is 0 Å². The first kappa shape index (κ1) is 26.6. The van der Waals surface area contributed by atoms with Crippen molar-refractivity contribution in [3.05, 3.63) is 106 Å². The maximum atomic E-state index is 15.3. The average Bonchev–Trinajstić information content (AvgIpc) is 3.30. The highest BCUT2D eigenvalue weighted by Gasteiger charge is 2.24. The second kappa shape index (κ2) is 10.8. The minimum absolute atomic E-state index is 0.0591. The summed E-state index contributed by atoms with van der Waals surface area (Å²) in [6, 6.07) is 17.3. The van der Waals surface area contributed by atoms with Crippen LogP contribution < -0.4 is 10.3 Å². The maximum Gasteiger partial charge on any atom is 0.341 e. The molecule has 0 unspecified atom stereocenters. The van der Waals surface area contributed by atoms with Crippen LogP contribution >= 0.6 is 0 Å². The number of rotatable bonds is 7. The van der Waals surface area contributed by atoms with Gasteiger partial charge in [-0.1, -0.05) is 24.3 Å². The van der Waals surface area contributed by atoms with Crippen molar-refractivity contribution >= 4 is 33.6 Å². The number of para-hydroxylation sites is 2. The molecule has 10 heteroatoms. The van der Waals surface area contributed by atoms with Gasteiger partial charge in [-0.05, 0) is 48.9 Å². The highest BCUT2D eigenvalue weighted by molar-refractivity contribution is 5.93. The molecular weight excluding hydrogens is 528 g/mol. The summed E-state index contributed by atoms with van der Waals surface area (Å²) in [4.78, 5) is 33.3. The average molecular weight is 558 g/mol. The SMILES string of the molecule is CCn1cc(C(=O)O)c(=O)c2cc(F)c(N3CCN(Cc4nc5ccccc5n4Cc4cccc(F)c4)CC3)cc21. The van der Waals surface area contributed by atoms with E-state index in [-0.39, 0.29) is 16.8 Å². The number of hydrogen-bond donors (Lipinski definition) is 1. The molecule has 0 radical (unpaired) electrons. The van der Waals surface area contributed by atoms with Crippen LogP contribution in [0.15, 0.2) is 71.7 Å². The lowest BCUT2D eigenvalue weighted by molar-refractivity contribution is 0.0695. The third-order valence-electron chi connectivity index (χ3n) is 7.76. The fraction of sp³-hybridized carbons (Fsp3) is 0.258. The van der Waals surface area contributed by atoms with Gasteiger partial charge in [0.15, 0.2) is 0 Å². The van der Waals surface area contributed by atoms with Crippen LogP contribution in [-0.4, -0.2) is 56.3 Å². The van der Waals surface area contributed by atoms with Gasteiger partial charge in [0.1, 0.15) is 23.0 Å². The van der Waals surface area contributed by atoms with Crippen LogP contribution in [0, 0.1) is 11.6 Å². The number of carbonyl (C=O) groups is 1. The van der Waals surface area contributed by atoms with Crippen LogP contribution in [0.25, 0.3) is 21.9 Å². The van der Waals surface area contributed by atoms with E-state index < -0.39 is 17.2 Å². The Kier molecular flexibility index (Phi) is 7.00. The Morgan fingerprint density at radius 3 is 2.46 bits per heavy atom. The first-order chi connectivity index (χ1) is 19.8. The molecule has 0 saturated carbocycles. The molecule has 1 fully saturated rings. The number of benzene rings is 3. The number of anilines is 1. The summed E-state index contributed by atoms with van der Waals surface area (Å²) in [6.45, 7) is 5.83. The van der Waals surface area contributed by atoms with Gasteiger partial charge in [0.2, 0.25) is 5.43 Å². The van der Waals surface area contributed by atoms with E-state index in [0.29, 0.717) is 57.0 Å². The summed E-state index contributed by atoms with van der Waals surface area (Å²) in [7, 11) is 0. The van der Waals surface area contributed by atoms with Crippen LogP contribution in [0.4, 0.5) is 14.5 Å². The Bertz CT molecular complexity index is 1840. The lowest BCUT2D eigenvalue weighted by atomic mass is 10.1. The summed E-state index contributed by atoms with van der Waals surface area (Å²) in [6.07, 6.45) is 1.32. The molecule has 5 aromatic rings. The molecule has 0 bridgehead atoms. The molecule has 0 aliphatic carbocycles. The first-order valence-corrected chi connectivity index (χ1v) is 13.6. The number of imidazole rings is 1. The van der Waals surface area contributed by atoms with E-state index in [9.17, 15) is 19.1 Å². The number of halogens is 2. The number of aryl methyl sites for hydroxylation is 1. The van der Waals surface area contributed by atoms with Gasteiger partial charge in [0, 0.05) is 50.9 Å². The molecule has 1 aliphatic heterocycles. The third-order valence-corrected chi connectivity index (χ3v) is 7.76. The van der Waals surface area contributed by atoms with Crippen molar-refractivity contribution in [3.63, 3.8) is 0 Å². The Balaban J connectivity index is 1.24. The minimum atomic E-state index is -1.33. The number of carboxylic acid groups (broad SMARTS) is 1. The molecule has 1 aliphatic rings. The topological polar surface area (TPSA) is 83.6 Å². The molecule has 210 valence electrons. The third kappa shape index (κ3) is 5.06. The van der Waals surface area contributed by atoms with Crippen LogP contribution in [0.2, 0.25) is 0 Å². The van der Waals surface area contributed by atoms with Gasteiger partial charge in [-0.3, -0.25) is 9.69 Å². The standard InChI is InChI=1S/C31H29F2N5O3/c1-2-36-18-23(31(40)41)30(39)22-15-24(33)28(16-27(22)36)37-12-10-35(11-13-37)19-29-34-25-8-3-4-9-26(25)38(29)17-20-6-5-7-21(32)14-20/h3-9,14-16,18H,2,10-13,17,19H2,1H3,(H,40,41). The van der Waals surface area contributed by atoms with Crippen LogP contribution in [0.3, 0.4) is 0 Å². The van der Waals surface area contributed by atoms with E-state index >= 15 is 4.39 Å². The van der Waals surface area contributed by atoms with Gasteiger partial charge in [0.25, 0.3) is 0 Å². The lowest BCUT2D eigenvalue weighted by Crippen LogP contribution is -2.46. The molecule has 2 aromatic heterocycles. The number of carboxylic acids is 1. The normalized spacial score (nSPS) is 14.3. The molecule has 8 nitrogen and oxygen atoms in total. The molecular formula is C31H29F2N5O3. The summed E-state index contributed by atoms with van der Waals surface area (Å²) in [5.74, 6) is -1.28. The smallest absolute Gasteiger partial charge is 0.341 e. The molecule has 1 saturated heterocycles. The molecule has 0 amide bonds. The van der Waals surface area contributed by atoms with Crippen LogP contribution in [-0.2, 0) is 19.6 Å². The predicted octanol–water partition coefficient (Wildman–Crippen LogP) is 4.72. The largest absolute Gasteiger partial charge is 0.477 e. The quantitative estimate of drug-likeness (QED) is 0.312. The van der Waals surface area contributed by atoms with Gasteiger partial charge in [-0.25, -0.2) is 18.6 Å². The van der Waals surface area contributed by atoms with E-state index in [1.807, 2.05) is 42.2 Å². The highest BCUT2D eigenvalue weighted by Crippen LogP contribution is 2.27. The molecule has 6 rings (SSSR count). The Morgan fingerprint density at radius 1 is 0.951 bits per heavy atom. The van der Waals surface area contributed by atoms with Crippen molar-refractivity contribution in [2.75, 3.05) is 31.1 Å². The Labute approximate surface area is 234 Å². The van der Waals surface area contributed by atoms with E-state index in [2.05, 4.69) is 9.47 Å². The minimum Gasteiger partial charge on any atom is -0.477 e. The van der Waals surface area contributed by atoms with E-state index in [0.717, 1.165) is 28.5 Å². The molecule has 41 heavy (non-hydrogen) atoms. The Morgan fingerprint density at radius 2 is 1.73 bits per heavy atom. The second-order valence-corrected chi connectivity index (χ2v) is 10.3. The summed E-state index contributed by atoms with van der Waals surface area (Å²) in [5, 5.41) is 9.46. The highest BCUT2D eigenvalue weighted by atomic mass is 19.1. The lowest BCUT2D eigenvalue weighted by Gasteiger charge is -2.36. The van der Waals surface area contributed by atoms with Gasteiger partial charge >= 0.3 is 5.97 Å². The van der Waals surface area contributed by atoms with Crippen LogP contribution in [0.5, 0.6) is 0 Å². The summed E-state index contributed by atoms with van der Waals surface area (Å²) < 4.78 is 33.0. The number of fused-ring (bicyclic) bond motifs is 2. The summed E-state index contributed by atoms with van der Waals surface area (Å²) in [5.41, 5.74) is 2.55. The molecule has 0 atom stereocenters. The number of pyridine rings is 1. The fourth-order valence-electron chi connectivity index (χ4n) is 5.64. The van der Waals surface area contributed by atoms with E-state index in [1.54, 1.807) is 16.7 Å². The Hall–Kier alpha value is -4.57. The van der Waals surface area contributed by atoms with Crippen molar-refractivity contribution in [3.8, 4) is 0 Å². The van der Waals surface area contributed by atoms with E-state index in [1.165, 1.54) is 18.3 Å². The zero-order valence-electron chi connectivity index (χ0n) is 22.6. The zero-order chi connectivity index (χ0) is 28.7. The number of piperazine rings is 1. The second-order valence-electron chi connectivity index (χ2n) is 10.3. The van der Waals surface area contributed by atoms with Gasteiger partial charge in [-0.2, -0.15) is 0 Å². The van der Waals surface area contributed by atoms with Crippen molar-refractivity contribution in [1.82, 2.24) is 19.0 Å². The number of hydrogen-bond acceptors (Lipinski definition) is 5. The molecule has 1 N–H and O–H groups in total. The summed E-state index contributed by atoms with van der Waals surface area (Å²) >= 11 is 0. The zero-order valence-corrected chi connectivity index (χ0v) is 22.6. The van der Waals surface area contributed by atoms with Crippen molar-refractivity contribution in [2.45, 2.75) is 26.6 Å². The van der Waals surface area contributed by atoms with Crippen molar-refractivity contribution < 1.29 is 18.7 Å². The van der Waals surface area contributed by atoms with Crippen molar-refractivity contribution in [2.24, 2.45) is 0 Å². The predicted molar refractivity (Wildman–Crippen MR) is 154 cm³/mol. The number of aromatic carboxylic acids is 1. The van der Waals surface area contributed by atoms with Gasteiger partial charge in [0.05, 0.1) is 28.8 Å². The van der Waals surface area contributed by atoms with Crippen molar-refractivity contribution in [1.29, 1.82) is 0 Å². The molecule has 0 spiro atoms. The van der Waals surface area contributed by atoms with Crippen LogP contribution in [0.1, 0.15) is 28.7 Å². The fourth-order valence-corrected chi connectivity index (χ4v) is 5.64. The van der Waals surface area contributed by atoms with Gasteiger partial charge < -0.3 is 19.1 Å². The number of nitrogens with zero attached hydrogens (tertiary/aromatic N) is 5. The molecule has 3 aromatic carbocycles. The monoisotopic (exact) mass is 557 g/mol. The first-order valence-electron chi connectivity index (χ1n) is 13.6. The number of aromatic nitrogens is 3. The maximum absolute atomic E-state index is 15.3. The molecule has 3 heterocycles. The van der Waals surface area contributed by atoms with E-state index in [4.69, 9.17) is 4.98 Å².